The number of likely N-dealkylation sites (N-methyl/N-ethyl adjacent to an activating group) is 1. The molecule has 1 atom stereocenters. The lowest BCUT2D eigenvalue weighted by Gasteiger charge is -2.30. The van der Waals surface area contributed by atoms with Crippen LogP contribution in [-0.2, 0) is 29.5 Å². The number of carbonyl (C=O) groups excluding carboxylic acids is 2. The molecule has 0 fully saturated rings. The highest BCUT2D eigenvalue weighted by Gasteiger charge is 2.33. The monoisotopic (exact) mass is 553 g/mol. The number of pyridine rings is 1. The lowest BCUT2D eigenvalue weighted by Crippen LogP contribution is -2.42. The molecule has 1 unspecified atom stereocenters. The summed E-state index contributed by atoms with van der Waals surface area (Å²) in [4.78, 5) is 37.8. The largest absolute Gasteiger partial charge is 0.350 e. The number of benzene rings is 3. The number of nitrogens with zero attached hydrogens (tertiary/aromatic N) is 4. The van der Waals surface area contributed by atoms with Crippen molar-refractivity contribution in [3.63, 3.8) is 0 Å². The molecule has 7 heteroatoms. The first-order chi connectivity index (χ1) is 20.4. The minimum absolute atomic E-state index is 0.127. The number of carbonyl (C=O) groups is 2. The van der Waals surface area contributed by atoms with Crippen LogP contribution in [0.4, 0.5) is 11.5 Å². The SMILES string of the molecule is C=CC(=O)Nc1cc2c(nc1Cc1cn(C)c3ccccc13)N(C)C(=O)C(N=C(c1ccccc1)c1ccccc1)C2. The van der Waals surface area contributed by atoms with Crippen LogP contribution in [-0.4, -0.2) is 40.2 Å². The fraction of sp³-hybridized carbons (Fsp3) is 0.143. The van der Waals surface area contributed by atoms with Crippen molar-refractivity contribution in [2.24, 2.45) is 12.0 Å². The molecule has 1 aliphatic rings. The highest BCUT2D eigenvalue weighted by Crippen LogP contribution is 2.33. The molecule has 7 nitrogen and oxygen atoms in total. The Bertz CT molecular complexity index is 1800. The molecule has 6 rings (SSSR count). The Balaban J connectivity index is 1.42. The normalized spacial score (nSPS) is 14.4. The number of anilines is 2. The van der Waals surface area contributed by atoms with Crippen molar-refractivity contribution in [3.05, 3.63) is 138 Å². The Hall–Kier alpha value is -5.30. The zero-order chi connectivity index (χ0) is 29.2. The van der Waals surface area contributed by atoms with E-state index in [4.69, 9.17) is 9.98 Å². The van der Waals surface area contributed by atoms with Gasteiger partial charge in [-0.15, -0.1) is 0 Å². The Labute approximate surface area is 244 Å². The van der Waals surface area contributed by atoms with Crippen molar-refractivity contribution in [1.29, 1.82) is 0 Å². The van der Waals surface area contributed by atoms with Gasteiger partial charge in [-0.2, -0.15) is 0 Å². The molecule has 42 heavy (non-hydrogen) atoms. The number of rotatable bonds is 7. The second-order valence-electron chi connectivity index (χ2n) is 10.4. The van der Waals surface area contributed by atoms with E-state index < -0.39 is 6.04 Å². The summed E-state index contributed by atoms with van der Waals surface area (Å²) < 4.78 is 2.08. The van der Waals surface area contributed by atoms with Crippen LogP contribution >= 0.6 is 0 Å². The summed E-state index contributed by atoms with van der Waals surface area (Å²) in [6.07, 6.45) is 4.17. The molecule has 3 aromatic carbocycles. The molecular weight excluding hydrogens is 522 g/mol. The average Bonchev–Trinajstić information content (AvgIpc) is 3.34. The van der Waals surface area contributed by atoms with Crippen molar-refractivity contribution in [1.82, 2.24) is 9.55 Å². The first-order valence-corrected chi connectivity index (χ1v) is 13.9. The fourth-order valence-electron chi connectivity index (χ4n) is 5.58. The van der Waals surface area contributed by atoms with E-state index in [1.165, 1.54) is 6.08 Å². The molecule has 0 saturated heterocycles. The Morgan fingerprint density at radius 2 is 1.64 bits per heavy atom. The topological polar surface area (TPSA) is 79.6 Å². The van der Waals surface area contributed by atoms with Gasteiger partial charge in [0.25, 0.3) is 5.91 Å². The van der Waals surface area contributed by atoms with Gasteiger partial charge in [0.1, 0.15) is 11.9 Å². The van der Waals surface area contributed by atoms with Gasteiger partial charge in [0.15, 0.2) is 0 Å². The number of fused-ring (bicyclic) bond motifs is 2. The van der Waals surface area contributed by atoms with Crippen LogP contribution in [0.2, 0.25) is 0 Å². The second kappa shape index (κ2) is 11.3. The zero-order valence-corrected chi connectivity index (χ0v) is 23.6. The maximum Gasteiger partial charge on any atom is 0.253 e. The van der Waals surface area contributed by atoms with Crippen LogP contribution in [0, 0.1) is 0 Å². The van der Waals surface area contributed by atoms with Gasteiger partial charge < -0.3 is 9.88 Å². The molecule has 0 saturated carbocycles. The molecule has 0 spiro atoms. The predicted octanol–water partition coefficient (Wildman–Crippen LogP) is 5.71. The molecule has 2 aromatic heterocycles. The molecule has 1 aliphatic heterocycles. The van der Waals surface area contributed by atoms with Gasteiger partial charge in [-0.25, -0.2) is 4.98 Å². The van der Waals surface area contributed by atoms with Gasteiger partial charge in [-0.3, -0.25) is 19.5 Å². The minimum Gasteiger partial charge on any atom is -0.350 e. The molecule has 5 aromatic rings. The number of amides is 2. The van der Waals surface area contributed by atoms with E-state index in [1.54, 1.807) is 11.9 Å². The summed E-state index contributed by atoms with van der Waals surface area (Å²) >= 11 is 0. The summed E-state index contributed by atoms with van der Waals surface area (Å²) in [5.41, 5.74) is 6.94. The first-order valence-electron chi connectivity index (χ1n) is 13.9. The third-order valence-corrected chi connectivity index (χ3v) is 7.66. The van der Waals surface area contributed by atoms with Gasteiger partial charge in [0.2, 0.25) is 5.91 Å². The summed E-state index contributed by atoms with van der Waals surface area (Å²) in [6.45, 7) is 3.62. The Morgan fingerprint density at radius 3 is 2.31 bits per heavy atom. The van der Waals surface area contributed by atoms with Crippen LogP contribution in [0.25, 0.3) is 10.9 Å². The number of para-hydroxylation sites is 1. The number of aromatic nitrogens is 2. The van der Waals surface area contributed by atoms with E-state index >= 15 is 0 Å². The zero-order valence-electron chi connectivity index (χ0n) is 23.6. The molecule has 0 aliphatic carbocycles. The third-order valence-electron chi connectivity index (χ3n) is 7.66. The summed E-state index contributed by atoms with van der Waals surface area (Å²) in [5.74, 6) is 0.138. The smallest absolute Gasteiger partial charge is 0.253 e. The van der Waals surface area contributed by atoms with Gasteiger partial charge in [-0.1, -0.05) is 85.4 Å². The summed E-state index contributed by atoms with van der Waals surface area (Å²) in [5, 5.41) is 4.07. The van der Waals surface area contributed by atoms with Crippen LogP contribution < -0.4 is 10.2 Å². The van der Waals surface area contributed by atoms with E-state index in [0.717, 1.165) is 38.9 Å². The quantitative estimate of drug-likeness (QED) is 0.207. The molecular formula is C35H31N5O2. The van der Waals surface area contributed by atoms with Gasteiger partial charge in [0, 0.05) is 55.2 Å². The fourth-order valence-corrected chi connectivity index (χ4v) is 5.58. The van der Waals surface area contributed by atoms with Crippen molar-refractivity contribution >= 4 is 39.9 Å². The maximum absolute atomic E-state index is 13.7. The van der Waals surface area contributed by atoms with Crippen molar-refractivity contribution < 1.29 is 9.59 Å². The summed E-state index contributed by atoms with van der Waals surface area (Å²) in [7, 11) is 3.75. The number of hydrogen-bond acceptors (Lipinski definition) is 4. The van der Waals surface area contributed by atoms with E-state index in [0.29, 0.717) is 30.0 Å². The second-order valence-corrected chi connectivity index (χ2v) is 10.4. The van der Waals surface area contributed by atoms with Crippen molar-refractivity contribution in [2.45, 2.75) is 18.9 Å². The average molecular weight is 554 g/mol. The Morgan fingerprint density at radius 1 is 1.00 bits per heavy atom. The molecule has 208 valence electrons. The van der Waals surface area contributed by atoms with Crippen LogP contribution in [0.5, 0.6) is 0 Å². The van der Waals surface area contributed by atoms with Crippen LogP contribution in [0.15, 0.2) is 115 Å². The van der Waals surface area contributed by atoms with Crippen LogP contribution in [0.3, 0.4) is 0 Å². The number of hydrogen-bond donors (Lipinski definition) is 1. The standard InChI is InChI=1S/C35H31N5O2/c1-4-32(41)36-28-19-25-20-30(37-33(23-13-7-5-8-14-23)24-15-9-6-10-16-24)35(42)40(3)34(25)38-29(28)21-26-22-39(2)31-18-12-11-17-27(26)31/h4-19,22,30H,1,20-21H2,2-3H3,(H,36,41). The lowest BCUT2D eigenvalue weighted by molar-refractivity contribution is -0.119. The third kappa shape index (κ3) is 5.12. The first kappa shape index (κ1) is 26.9. The molecule has 0 radical (unpaired) electrons. The maximum atomic E-state index is 13.7. The molecule has 1 N–H and O–H groups in total. The molecule has 3 heterocycles. The van der Waals surface area contributed by atoms with Crippen molar-refractivity contribution in [3.8, 4) is 0 Å². The number of aryl methyl sites for hydroxylation is 1. The molecule has 2 amide bonds. The minimum atomic E-state index is -0.647. The number of aliphatic imine (C=N–C) groups is 1. The Kier molecular flexibility index (Phi) is 7.23. The van der Waals surface area contributed by atoms with Gasteiger partial charge in [-0.05, 0) is 29.3 Å². The van der Waals surface area contributed by atoms with Crippen LogP contribution in [0.1, 0.15) is 27.9 Å². The summed E-state index contributed by atoms with van der Waals surface area (Å²) in [6, 6.07) is 29.3. The predicted molar refractivity (Wildman–Crippen MR) is 168 cm³/mol. The van der Waals surface area contributed by atoms with Crippen molar-refractivity contribution in [2.75, 3.05) is 17.3 Å². The highest BCUT2D eigenvalue weighted by atomic mass is 16.2. The van der Waals surface area contributed by atoms with Gasteiger partial charge >= 0.3 is 0 Å². The van der Waals surface area contributed by atoms with E-state index in [1.807, 2.05) is 85.9 Å². The van der Waals surface area contributed by atoms with E-state index in [-0.39, 0.29) is 11.8 Å². The lowest BCUT2D eigenvalue weighted by atomic mass is 9.97. The van der Waals surface area contributed by atoms with E-state index in [2.05, 4.69) is 34.8 Å². The van der Waals surface area contributed by atoms with Gasteiger partial charge in [0.05, 0.1) is 17.1 Å². The van der Waals surface area contributed by atoms with E-state index in [9.17, 15) is 9.59 Å². The molecule has 0 bridgehead atoms. The number of nitrogens with one attached hydrogen (secondary N) is 1. The highest BCUT2D eigenvalue weighted by molar-refractivity contribution is 6.14.